The molecule has 0 saturated heterocycles. The molecule has 0 aliphatic heterocycles. The molecule has 4 aromatic rings. The first-order chi connectivity index (χ1) is 13.2. The minimum Gasteiger partial charge on any atom is -0.507 e. The van der Waals surface area contributed by atoms with Gasteiger partial charge in [-0.15, -0.1) is 0 Å². The number of ketones is 1. The minimum absolute atomic E-state index is 0.0679. The summed E-state index contributed by atoms with van der Waals surface area (Å²) >= 11 is 0. The molecule has 0 aromatic heterocycles. The van der Waals surface area contributed by atoms with Gasteiger partial charge in [-0.05, 0) is 51.7 Å². The molecule has 0 bridgehead atoms. The van der Waals surface area contributed by atoms with Gasteiger partial charge in [0.2, 0.25) is 0 Å². The summed E-state index contributed by atoms with van der Waals surface area (Å²) in [6.45, 7) is 0. The van der Waals surface area contributed by atoms with Gasteiger partial charge in [0.05, 0.1) is 0 Å². The number of fused-ring (bicyclic) bond motifs is 3. The van der Waals surface area contributed by atoms with Crippen LogP contribution in [0, 0.1) is 0 Å². The van der Waals surface area contributed by atoms with Crippen LogP contribution in [0.1, 0.15) is 15.9 Å². The van der Waals surface area contributed by atoms with Crippen LogP contribution in [0.25, 0.3) is 39.1 Å². The summed E-state index contributed by atoms with van der Waals surface area (Å²) in [6, 6.07) is 25.4. The van der Waals surface area contributed by atoms with Gasteiger partial charge in [-0.1, -0.05) is 66.7 Å². The average molecular weight is 348 g/mol. The van der Waals surface area contributed by atoms with Crippen LogP contribution in [0.15, 0.2) is 84.9 Å². The Morgan fingerprint density at radius 1 is 0.741 bits per heavy atom. The highest BCUT2D eigenvalue weighted by atomic mass is 16.3. The molecule has 27 heavy (non-hydrogen) atoms. The third-order valence-electron chi connectivity index (χ3n) is 5.15. The SMILES string of the molecule is O=C(C=Cc1ccccc1O)c1ccc2cccc3c2c1-c1ccccc1-3. The lowest BCUT2D eigenvalue weighted by Gasteiger charge is -2.08. The van der Waals surface area contributed by atoms with Crippen molar-refractivity contribution in [3.63, 3.8) is 0 Å². The zero-order chi connectivity index (χ0) is 18.4. The molecule has 0 fully saturated rings. The highest BCUT2D eigenvalue weighted by molar-refractivity contribution is 6.23. The zero-order valence-electron chi connectivity index (χ0n) is 14.5. The number of hydrogen-bond acceptors (Lipinski definition) is 2. The third-order valence-corrected chi connectivity index (χ3v) is 5.15. The van der Waals surface area contributed by atoms with Crippen molar-refractivity contribution < 1.29 is 9.90 Å². The largest absolute Gasteiger partial charge is 0.507 e. The molecule has 5 rings (SSSR count). The van der Waals surface area contributed by atoms with Gasteiger partial charge in [0.1, 0.15) is 5.75 Å². The predicted molar refractivity (Wildman–Crippen MR) is 110 cm³/mol. The fraction of sp³-hybridized carbons (Fsp3) is 0. The number of carbonyl (C=O) groups is 1. The molecule has 2 heteroatoms. The van der Waals surface area contributed by atoms with Crippen molar-refractivity contribution in [1.82, 2.24) is 0 Å². The van der Waals surface area contributed by atoms with E-state index < -0.39 is 0 Å². The molecule has 0 heterocycles. The highest BCUT2D eigenvalue weighted by Crippen LogP contribution is 2.48. The summed E-state index contributed by atoms with van der Waals surface area (Å²) in [7, 11) is 0. The topological polar surface area (TPSA) is 37.3 Å². The van der Waals surface area contributed by atoms with Gasteiger partial charge in [-0.3, -0.25) is 4.79 Å². The maximum atomic E-state index is 13.0. The zero-order valence-corrected chi connectivity index (χ0v) is 14.5. The lowest BCUT2D eigenvalue weighted by atomic mass is 9.95. The Labute approximate surface area is 157 Å². The second-order valence-electron chi connectivity index (χ2n) is 6.69. The number of benzene rings is 4. The normalized spacial score (nSPS) is 11.9. The van der Waals surface area contributed by atoms with E-state index in [1.807, 2.05) is 30.3 Å². The molecule has 0 saturated carbocycles. The van der Waals surface area contributed by atoms with E-state index in [0.29, 0.717) is 11.1 Å². The van der Waals surface area contributed by atoms with Gasteiger partial charge in [0.15, 0.2) is 5.78 Å². The smallest absolute Gasteiger partial charge is 0.186 e. The number of hydrogen-bond donors (Lipinski definition) is 1. The first-order valence-corrected chi connectivity index (χ1v) is 8.90. The fourth-order valence-corrected chi connectivity index (χ4v) is 3.91. The quantitative estimate of drug-likeness (QED) is 0.316. The molecule has 4 aromatic carbocycles. The lowest BCUT2D eigenvalue weighted by molar-refractivity contribution is 0.104. The molecule has 2 nitrogen and oxygen atoms in total. The molecular weight excluding hydrogens is 332 g/mol. The van der Waals surface area contributed by atoms with Crippen LogP contribution in [0.3, 0.4) is 0 Å². The Kier molecular flexibility index (Phi) is 3.44. The average Bonchev–Trinajstić information content (AvgIpc) is 3.04. The van der Waals surface area contributed by atoms with Crippen LogP contribution >= 0.6 is 0 Å². The second-order valence-corrected chi connectivity index (χ2v) is 6.69. The first-order valence-electron chi connectivity index (χ1n) is 8.90. The standard InChI is InChI=1S/C25H16O2/c26-22-11-4-1-6-16(22)13-15-23(27)21-14-12-17-7-5-10-19-18-8-2-3-9-20(18)25(21)24(17)19/h1-15,26H. The maximum absolute atomic E-state index is 13.0. The van der Waals surface area contributed by atoms with Crippen LogP contribution in [-0.2, 0) is 0 Å². The van der Waals surface area contributed by atoms with Crippen LogP contribution in [0.5, 0.6) is 5.75 Å². The predicted octanol–water partition coefficient (Wildman–Crippen LogP) is 6.09. The molecule has 1 aliphatic carbocycles. The minimum atomic E-state index is -0.0679. The number of para-hydroxylation sites is 1. The van der Waals surface area contributed by atoms with Crippen molar-refractivity contribution >= 4 is 22.6 Å². The molecule has 0 spiro atoms. The number of phenolic OH excluding ortho intramolecular Hbond substituents is 1. The summed E-state index contributed by atoms with van der Waals surface area (Å²) in [6.07, 6.45) is 3.21. The highest BCUT2D eigenvalue weighted by Gasteiger charge is 2.25. The number of aromatic hydroxyl groups is 1. The van der Waals surface area contributed by atoms with Crippen molar-refractivity contribution in [3.05, 3.63) is 96.1 Å². The van der Waals surface area contributed by atoms with E-state index in [9.17, 15) is 9.90 Å². The number of carbonyl (C=O) groups excluding carboxylic acids is 1. The summed E-state index contributed by atoms with van der Waals surface area (Å²) in [5, 5.41) is 12.2. The molecule has 0 amide bonds. The fourth-order valence-electron chi connectivity index (χ4n) is 3.91. The molecule has 0 unspecified atom stereocenters. The van der Waals surface area contributed by atoms with Crippen molar-refractivity contribution in [2.45, 2.75) is 0 Å². The maximum Gasteiger partial charge on any atom is 0.186 e. The van der Waals surface area contributed by atoms with Gasteiger partial charge in [-0.2, -0.15) is 0 Å². The van der Waals surface area contributed by atoms with Crippen molar-refractivity contribution in [3.8, 4) is 28.0 Å². The molecule has 1 aliphatic rings. The summed E-state index contributed by atoms with van der Waals surface area (Å²) in [4.78, 5) is 13.0. The van der Waals surface area contributed by atoms with E-state index in [2.05, 4.69) is 30.3 Å². The lowest BCUT2D eigenvalue weighted by Crippen LogP contribution is -1.97. The molecule has 1 N–H and O–H groups in total. The number of allylic oxidation sites excluding steroid dienone is 1. The Balaban J connectivity index is 1.68. The summed E-state index contributed by atoms with van der Waals surface area (Å²) in [5.74, 6) is 0.0962. The Morgan fingerprint density at radius 3 is 2.33 bits per heavy atom. The van der Waals surface area contributed by atoms with Crippen LogP contribution in [-0.4, -0.2) is 10.9 Å². The Hall–Kier alpha value is -3.65. The van der Waals surface area contributed by atoms with Gasteiger partial charge < -0.3 is 5.11 Å². The Morgan fingerprint density at radius 2 is 1.48 bits per heavy atom. The molecular formula is C25H16O2. The molecule has 128 valence electrons. The van der Waals surface area contributed by atoms with Crippen LogP contribution < -0.4 is 0 Å². The first kappa shape index (κ1) is 15.6. The van der Waals surface area contributed by atoms with E-state index in [4.69, 9.17) is 0 Å². The third kappa shape index (κ3) is 2.38. The summed E-state index contributed by atoms with van der Waals surface area (Å²) < 4.78 is 0. The second kappa shape index (κ2) is 5.96. The monoisotopic (exact) mass is 348 g/mol. The van der Waals surface area contributed by atoms with E-state index in [-0.39, 0.29) is 11.5 Å². The van der Waals surface area contributed by atoms with E-state index in [1.165, 1.54) is 17.2 Å². The summed E-state index contributed by atoms with van der Waals surface area (Å²) in [5.41, 5.74) is 5.77. The van der Waals surface area contributed by atoms with Gasteiger partial charge >= 0.3 is 0 Å². The number of rotatable bonds is 3. The molecule has 0 atom stereocenters. The van der Waals surface area contributed by atoms with E-state index in [0.717, 1.165) is 21.9 Å². The molecule has 0 radical (unpaired) electrons. The van der Waals surface area contributed by atoms with Gasteiger partial charge in [-0.25, -0.2) is 0 Å². The van der Waals surface area contributed by atoms with E-state index >= 15 is 0 Å². The van der Waals surface area contributed by atoms with Crippen molar-refractivity contribution in [2.75, 3.05) is 0 Å². The van der Waals surface area contributed by atoms with E-state index in [1.54, 1.807) is 24.3 Å². The van der Waals surface area contributed by atoms with Crippen molar-refractivity contribution in [2.24, 2.45) is 0 Å². The Bertz CT molecular complexity index is 1250. The van der Waals surface area contributed by atoms with Crippen LogP contribution in [0.4, 0.5) is 0 Å². The van der Waals surface area contributed by atoms with Crippen LogP contribution in [0.2, 0.25) is 0 Å². The van der Waals surface area contributed by atoms with Crippen molar-refractivity contribution in [1.29, 1.82) is 0 Å². The number of phenols is 1. The van der Waals surface area contributed by atoms with Gasteiger partial charge in [0.25, 0.3) is 0 Å². The van der Waals surface area contributed by atoms with Gasteiger partial charge in [0, 0.05) is 16.7 Å².